The third kappa shape index (κ3) is 5.59. The molecule has 1 aromatic carbocycles. The van der Waals surface area contributed by atoms with Gasteiger partial charge in [0.2, 0.25) is 0 Å². The fourth-order valence-corrected chi connectivity index (χ4v) is 3.15. The minimum absolute atomic E-state index is 0.0150. The second-order valence-electron chi connectivity index (χ2n) is 6.23. The molecule has 1 saturated carbocycles. The molecule has 0 bridgehead atoms. The minimum Gasteiger partial charge on any atom is -0.490 e. The van der Waals surface area contributed by atoms with Crippen molar-refractivity contribution < 1.29 is 24.2 Å². The fraction of sp³-hybridized carbons (Fsp3) is 0.556. The number of carboxylic acid groups (broad SMARTS) is 1. The Balaban J connectivity index is 1.92. The number of carbonyl (C=O) groups is 2. The maximum atomic E-state index is 12.6. The van der Waals surface area contributed by atoms with Gasteiger partial charge in [-0.2, -0.15) is 0 Å². The zero-order valence-corrected chi connectivity index (χ0v) is 15.8. The molecule has 0 aromatic heterocycles. The number of likely N-dealkylation sites (N-methyl/N-ethyl adjacent to an activating group) is 1. The second kappa shape index (κ2) is 9.75. The van der Waals surface area contributed by atoms with Gasteiger partial charge < -0.3 is 19.9 Å². The molecule has 1 fully saturated rings. The average molecular weight is 385 g/mol. The molecule has 1 aliphatic carbocycles. The Morgan fingerprint density at radius 3 is 2.69 bits per heavy atom. The third-order valence-electron chi connectivity index (χ3n) is 4.44. The third-order valence-corrected chi connectivity index (χ3v) is 4.68. The van der Waals surface area contributed by atoms with Gasteiger partial charge in [-0.15, -0.1) is 0 Å². The molecule has 144 valence electrons. The predicted octanol–water partition coefficient (Wildman–Crippen LogP) is 2.03. The van der Waals surface area contributed by atoms with Gasteiger partial charge in [0.1, 0.15) is 12.4 Å². The summed E-state index contributed by atoms with van der Waals surface area (Å²) < 4.78 is 10.5. The number of hydrogen-bond donors (Lipinski definition) is 2. The van der Waals surface area contributed by atoms with Gasteiger partial charge in [-0.3, -0.25) is 14.5 Å². The van der Waals surface area contributed by atoms with E-state index in [0.717, 1.165) is 12.8 Å². The van der Waals surface area contributed by atoms with Gasteiger partial charge in [0.15, 0.2) is 0 Å². The number of rotatable bonds is 10. The molecular formula is C18H25ClN2O5. The first-order chi connectivity index (χ1) is 12.4. The summed E-state index contributed by atoms with van der Waals surface area (Å²) in [6.07, 6.45) is 1.46. The smallest absolute Gasteiger partial charge is 0.317 e. The Hall–Kier alpha value is -1.83. The average Bonchev–Trinajstić information content (AvgIpc) is 2.57. The number of methoxy groups -OCH3 is 1. The summed E-state index contributed by atoms with van der Waals surface area (Å²) in [6, 6.07) is 5.12. The Morgan fingerprint density at radius 1 is 1.35 bits per heavy atom. The van der Waals surface area contributed by atoms with E-state index in [1.807, 2.05) is 11.8 Å². The number of nitrogens with zero attached hydrogens (tertiary/aromatic N) is 1. The summed E-state index contributed by atoms with van der Waals surface area (Å²) in [4.78, 5) is 25.4. The number of benzene rings is 1. The molecule has 2 N–H and O–H groups in total. The molecule has 0 radical (unpaired) electrons. The van der Waals surface area contributed by atoms with E-state index < -0.39 is 5.97 Å². The van der Waals surface area contributed by atoms with E-state index in [4.69, 9.17) is 26.2 Å². The van der Waals surface area contributed by atoms with Crippen LogP contribution in [0.25, 0.3) is 0 Å². The van der Waals surface area contributed by atoms with E-state index in [9.17, 15) is 9.59 Å². The standard InChI is InChI=1S/C18H25ClN2O5/c1-3-21(11-17(22)23)14-9-13(10-14)20-18(24)15-8-12(19)4-5-16(15)26-7-6-25-2/h4-5,8,13-14H,3,6-7,9-11H2,1-2H3,(H,20,24)(H,22,23). The van der Waals surface area contributed by atoms with Crippen LogP contribution < -0.4 is 10.1 Å². The molecule has 1 aliphatic rings. The van der Waals surface area contributed by atoms with Crippen molar-refractivity contribution in [1.29, 1.82) is 0 Å². The SMILES string of the molecule is CCN(CC(=O)O)C1CC(NC(=O)c2cc(Cl)ccc2OCCOC)C1. The first-order valence-corrected chi connectivity index (χ1v) is 9.00. The maximum absolute atomic E-state index is 12.6. The van der Waals surface area contributed by atoms with Crippen molar-refractivity contribution in [2.24, 2.45) is 0 Å². The van der Waals surface area contributed by atoms with Gasteiger partial charge >= 0.3 is 5.97 Å². The highest BCUT2D eigenvalue weighted by atomic mass is 35.5. The Bertz CT molecular complexity index is 634. The molecule has 0 heterocycles. The zero-order chi connectivity index (χ0) is 19.1. The molecule has 26 heavy (non-hydrogen) atoms. The van der Waals surface area contributed by atoms with Crippen LogP contribution >= 0.6 is 11.6 Å². The molecule has 0 atom stereocenters. The molecule has 7 nitrogen and oxygen atoms in total. The van der Waals surface area contributed by atoms with Gasteiger partial charge in [-0.1, -0.05) is 18.5 Å². The van der Waals surface area contributed by atoms with Crippen molar-refractivity contribution in [1.82, 2.24) is 10.2 Å². The Kier molecular flexibility index (Phi) is 7.68. The first-order valence-electron chi connectivity index (χ1n) is 8.62. The largest absolute Gasteiger partial charge is 0.490 e. The van der Waals surface area contributed by atoms with Gasteiger partial charge in [0.05, 0.1) is 18.7 Å². The summed E-state index contributed by atoms with van der Waals surface area (Å²) in [5.41, 5.74) is 0.384. The lowest BCUT2D eigenvalue weighted by molar-refractivity contribution is -0.139. The molecule has 0 spiro atoms. The number of carboxylic acids is 1. The maximum Gasteiger partial charge on any atom is 0.317 e. The van der Waals surface area contributed by atoms with Crippen LogP contribution in [-0.4, -0.2) is 67.4 Å². The van der Waals surface area contributed by atoms with Crippen LogP contribution in [0.15, 0.2) is 18.2 Å². The highest BCUT2D eigenvalue weighted by Gasteiger charge is 2.35. The van der Waals surface area contributed by atoms with Crippen molar-refractivity contribution in [3.63, 3.8) is 0 Å². The van der Waals surface area contributed by atoms with Crippen LogP contribution in [0.1, 0.15) is 30.1 Å². The van der Waals surface area contributed by atoms with Gasteiger partial charge in [0.25, 0.3) is 5.91 Å². The Labute approximate surface area is 158 Å². The number of carbonyl (C=O) groups excluding carboxylic acids is 1. The van der Waals surface area contributed by atoms with E-state index in [1.54, 1.807) is 25.3 Å². The zero-order valence-electron chi connectivity index (χ0n) is 15.0. The van der Waals surface area contributed by atoms with Crippen LogP contribution in [-0.2, 0) is 9.53 Å². The number of nitrogens with one attached hydrogen (secondary N) is 1. The first kappa shape index (κ1) is 20.5. The van der Waals surface area contributed by atoms with Crippen molar-refractivity contribution in [2.75, 3.05) is 33.4 Å². The second-order valence-corrected chi connectivity index (χ2v) is 6.67. The number of amides is 1. The van der Waals surface area contributed by atoms with Crippen LogP contribution in [0.5, 0.6) is 5.75 Å². The molecule has 1 aromatic rings. The highest BCUT2D eigenvalue weighted by Crippen LogP contribution is 2.28. The quantitative estimate of drug-likeness (QED) is 0.600. The minimum atomic E-state index is -0.837. The molecule has 0 saturated heterocycles. The van der Waals surface area contributed by atoms with Gasteiger partial charge in [0, 0.05) is 24.2 Å². The van der Waals surface area contributed by atoms with Gasteiger partial charge in [-0.05, 0) is 37.6 Å². The summed E-state index contributed by atoms with van der Waals surface area (Å²) in [7, 11) is 1.58. The van der Waals surface area contributed by atoms with E-state index in [0.29, 0.717) is 36.1 Å². The lowest BCUT2D eigenvalue weighted by atomic mass is 9.85. The summed E-state index contributed by atoms with van der Waals surface area (Å²) in [5, 5.41) is 12.4. The molecule has 0 unspecified atom stereocenters. The van der Waals surface area contributed by atoms with Crippen molar-refractivity contribution >= 4 is 23.5 Å². The van der Waals surface area contributed by atoms with Crippen molar-refractivity contribution in [2.45, 2.75) is 31.8 Å². The predicted molar refractivity (Wildman–Crippen MR) is 98.0 cm³/mol. The topological polar surface area (TPSA) is 88.1 Å². The molecule has 2 rings (SSSR count). The van der Waals surface area contributed by atoms with Crippen molar-refractivity contribution in [3.05, 3.63) is 28.8 Å². The lowest BCUT2D eigenvalue weighted by Gasteiger charge is -2.42. The monoisotopic (exact) mass is 384 g/mol. The number of halogens is 1. The van der Waals surface area contributed by atoms with Crippen LogP contribution in [0.2, 0.25) is 5.02 Å². The summed E-state index contributed by atoms with van der Waals surface area (Å²) >= 11 is 6.02. The van der Waals surface area contributed by atoms with E-state index in [1.165, 1.54) is 0 Å². The van der Waals surface area contributed by atoms with E-state index >= 15 is 0 Å². The molecule has 0 aliphatic heterocycles. The summed E-state index contributed by atoms with van der Waals surface area (Å²) in [6.45, 7) is 3.39. The number of ether oxygens (including phenoxy) is 2. The van der Waals surface area contributed by atoms with Crippen molar-refractivity contribution in [3.8, 4) is 5.75 Å². The molecule has 8 heteroatoms. The fourth-order valence-electron chi connectivity index (χ4n) is 2.98. The Morgan fingerprint density at radius 2 is 2.08 bits per heavy atom. The van der Waals surface area contributed by atoms with E-state index in [-0.39, 0.29) is 24.5 Å². The van der Waals surface area contributed by atoms with E-state index in [2.05, 4.69) is 5.32 Å². The molecule has 1 amide bonds. The van der Waals surface area contributed by atoms with Crippen LogP contribution in [0, 0.1) is 0 Å². The number of aliphatic carboxylic acids is 1. The number of hydrogen-bond acceptors (Lipinski definition) is 5. The normalized spacial score (nSPS) is 19.1. The van der Waals surface area contributed by atoms with Crippen LogP contribution in [0.4, 0.5) is 0 Å². The lowest BCUT2D eigenvalue weighted by Crippen LogP contribution is -2.54. The highest BCUT2D eigenvalue weighted by molar-refractivity contribution is 6.31. The van der Waals surface area contributed by atoms with Gasteiger partial charge in [-0.25, -0.2) is 0 Å². The summed E-state index contributed by atoms with van der Waals surface area (Å²) in [5.74, 6) is -0.623. The van der Waals surface area contributed by atoms with Crippen LogP contribution in [0.3, 0.4) is 0 Å². The molecular weight excluding hydrogens is 360 g/mol.